The third-order valence-corrected chi connectivity index (χ3v) is 2.52. The minimum atomic E-state index is 0.239. The van der Waals surface area contributed by atoms with Crippen LogP contribution in [0.5, 0.6) is 0 Å². The number of rotatable bonds is 4. The van der Waals surface area contributed by atoms with Crippen LogP contribution in [0, 0.1) is 0 Å². The van der Waals surface area contributed by atoms with Gasteiger partial charge < -0.3 is 5.32 Å². The van der Waals surface area contributed by atoms with Crippen molar-refractivity contribution in [3.63, 3.8) is 0 Å². The van der Waals surface area contributed by atoms with Crippen molar-refractivity contribution in [1.29, 1.82) is 0 Å². The molecule has 0 aromatic carbocycles. The van der Waals surface area contributed by atoms with E-state index in [0.29, 0.717) is 11.6 Å². The average molecular weight is 231 g/mol. The van der Waals surface area contributed by atoms with Crippen LogP contribution in [0.15, 0.2) is 35.1 Å². The largest absolute Gasteiger partial charge is 0.305 e. The third-order valence-electron chi connectivity index (χ3n) is 1.90. The van der Waals surface area contributed by atoms with E-state index in [1.807, 2.05) is 12.1 Å². The number of aromatic nitrogens is 1. The minimum absolute atomic E-state index is 0.239. The number of halogens is 2. The van der Waals surface area contributed by atoms with Crippen LogP contribution in [-0.2, 0) is 0 Å². The first-order valence-electron chi connectivity index (χ1n) is 4.32. The molecular weight excluding hydrogens is 219 g/mol. The predicted octanol–water partition coefficient (Wildman–Crippen LogP) is 3.05. The number of nitrogens with zero attached hydrogens (tertiary/aromatic N) is 1. The fourth-order valence-electron chi connectivity index (χ4n) is 1.06. The molecule has 0 amide bonds. The molecule has 0 aliphatic rings. The van der Waals surface area contributed by atoms with Crippen LogP contribution in [0.3, 0.4) is 0 Å². The lowest BCUT2D eigenvalue weighted by Crippen LogP contribution is -2.19. The van der Waals surface area contributed by atoms with Gasteiger partial charge in [-0.15, -0.1) is 0 Å². The molecular formula is C10H12Cl2N2. The van der Waals surface area contributed by atoms with Crippen LogP contribution in [0.25, 0.3) is 0 Å². The van der Waals surface area contributed by atoms with Crippen molar-refractivity contribution in [1.82, 2.24) is 10.3 Å². The highest BCUT2D eigenvalue weighted by Gasteiger charge is 2.03. The SMILES string of the molecule is C[C@@H](NC/C(Cl)=C/Cl)c1ccncc1. The quantitative estimate of drug-likeness (QED) is 0.861. The molecule has 1 aromatic heterocycles. The Morgan fingerprint density at radius 1 is 1.57 bits per heavy atom. The summed E-state index contributed by atoms with van der Waals surface area (Å²) in [4.78, 5) is 3.95. The average Bonchev–Trinajstić information content (AvgIpc) is 2.26. The first-order valence-corrected chi connectivity index (χ1v) is 5.13. The number of hydrogen-bond donors (Lipinski definition) is 1. The Hall–Kier alpha value is -0.570. The van der Waals surface area contributed by atoms with Crippen LogP contribution in [-0.4, -0.2) is 11.5 Å². The molecule has 4 heteroatoms. The van der Waals surface area contributed by atoms with E-state index in [-0.39, 0.29) is 6.04 Å². The Labute approximate surface area is 93.9 Å². The first kappa shape index (κ1) is 11.5. The highest BCUT2D eigenvalue weighted by Crippen LogP contribution is 2.11. The summed E-state index contributed by atoms with van der Waals surface area (Å²) in [5, 5.41) is 3.84. The smallest absolute Gasteiger partial charge is 0.0432 e. The van der Waals surface area contributed by atoms with Gasteiger partial charge in [-0.3, -0.25) is 4.98 Å². The van der Waals surface area contributed by atoms with Crippen molar-refractivity contribution in [3.05, 3.63) is 40.7 Å². The molecule has 0 fully saturated rings. The van der Waals surface area contributed by atoms with E-state index in [1.54, 1.807) is 12.4 Å². The van der Waals surface area contributed by atoms with Crippen molar-refractivity contribution < 1.29 is 0 Å². The number of hydrogen-bond acceptors (Lipinski definition) is 2. The Morgan fingerprint density at radius 3 is 2.79 bits per heavy atom. The van der Waals surface area contributed by atoms with Gasteiger partial charge in [-0.25, -0.2) is 0 Å². The molecule has 0 saturated carbocycles. The molecule has 1 atom stereocenters. The Balaban J connectivity index is 2.47. The normalized spacial score (nSPS) is 14.1. The lowest BCUT2D eigenvalue weighted by molar-refractivity contribution is 0.613. The monoisotopic (exact) mass is 230 g/mol. The van der Waals surface area contributed by atoms with E-state index in [1.165, 1.54) is 11.1 Å². The molecule has 0 saturated heterocycles. The van der Waals surface area contributed by atoms with Crippen molar-refractivity contribution in [2.75, 3.05) is 6.54 Å². The highest BCUT2D eigenvalue weighted by atomic mass is 35.5. The highest BCUT2D eigenvalue weighted by molar-refractivity contribution is 6.36. The fourth-order valence-corrected chi connectivity index (χ4v) is 1.21. The van der Waals surface area contributed by atoms with E-state index < -0.39 is 0 Å². The van der Waals surface area contributed by atoms with E-state index in [0.717, 1.165) is 0 Å². The number of nitrogens with one attached hydrogen (secondary N) is 1. The molecule has 1 rings (SSSR count). The van der Waals surface area contributed by atoms with Gasteiger partial charge in [0.2, 0.25) is 0 Å². The van der Waals surface area contributed by atoms with Gasteiger partial charge in [-0.05, 0) is 24.6 Å². The summed E-state index contributed by atoms with van der Waals surface area (Å²) >= 11 is 11.2. The Kier molecular flexibility index (Phi) is 4.94. The van der Waals surface area contributed by atoms with Gasteiger partial charge >= 0.3 is 0 Å². The van der Waals surface area contributed by atoms with Crippen LogP contribution in [0.1, 0.15) is 18.5 Å². The van der Waals surface area contributed by atoms with Gasteiger partial charge in [0.05, 0.1) is 0 Å². The molecule has 2 nitrogen and oxygen atoms in total. The fraction of sp³-hybridized carbons (Fsp3) is 0.300. The first-order chi connectivity index (χ1) is 6.74. The molecule has 1 aromatic rings. The van der Waals surface area contributed by atoms with Crippen molar-refractivity contribution >= 4 is 23.2 Å². The van der Waals surface area contributed by atoms with Gasteiger partial charge in [0.15, 0.2) is 0 Å². The molecule has 1 heterocycles. The summed E-state index contributed by atoms with van der Waals surface area (Å²) in [7, 11) is 0. The zero-order chi connectivity index (χ0) is 10.4. The molecule has 0 spiro atoms. The van der Waals surface area contributed by atoms with E-state index >= 15 is 0 Å². The molecule has 0 bridgehead atoms. The second-order valence-corrected chi connectivity index (χ2v) is 3.64. The number of pyridine rings is 1. The molecule has 14 heavy (non-hydrogen) atoms. The predicted molar refractivity (Wildman–Crippen MR) is 60.4 cm³/mol. The van der Waals surface area contributed by atoms with Gasteiger partial charge in [0.25, 0.3) is 0 Å². The second kappa shape index (κ2) is 6.02. The van der Waals surface area contributed by atoms with Gasteiger partial charge in [-0.1, -0.05) is 23.2 Å². The maximum absolute atomic E-state index is 5.75. The molecule has 0 unspecified atom stereocenters. The van der Waals surface area contributed by atoms with Gasteiger partial charge in [0, 0.05) is 35.5 Å². The molecule has 0 aliphatic heterocycles. The van der Waals surface area contributed by atoms with Crippen LogP contribution < -0.4 is 5.32 Å². The van der Waals surface area contributed by atoms with Crippen molar-refractivity contribution in [2.45, 2.75) is 13.0 Å². The topological polar surface area (TPSA) is 24.9 Å². The maximum Gasteiger partial charge on any atom is 0.0432 e. The molecule has 1 N–H and O–H groups in total. The Morgan fingerprint density at radius 2 is 2.21 bits per heavy atom. The lowest BCUT2D eigenvalue weighted by atomic mass is 10.1. The van der Waals surface area contributed by atoms with Gasteiger partial charge in [-0.2, -0.15) is 0 Å². The third kappa shape index (κ3) is 3.66. The Bertz CT molecular complexity index is 298. The van der Waals surface area contributed by atoms with Crippen LogP contribution in [0.4, 0.5) is 0 Å². The van der Waals surface area contributed by atoms with Crippen LogP contribution >= 0.6 is 23.2 Å². The maximum atomic E-state index is 5.75. The van der Waals surface area contributed by atoms with Crippen molar-refractivity contribution in [2.24, 2.45) is 0 Å². The summed E-state index contributed by atoms with van der Waals surface area (Å²) in [5.41, 5.74) is 2.55. The van der Waals surface area contributed by atoms with E-state index in [2.05, 4.69) is 17.2 Å². The zero-order valence-corrected chi connectivity index (χ0v) is 9.39. The van der Waals surface area contributed by atoms with Gasteiger partial charge in [0.1, 0.15) is 0 Å². The van der Waals surface area contributed by atoms with Crippen LogP contribution in [0.2, 0.25) is 0 Å². The summed E-state index contributed by atoms with van der Waals surface area (Å²) in [6.45, 7) is 2.64. The van der Waals surface area contributed by atoms with Crippen molar-refractivity contribution in [3.8, 4) is 0 Å². The van der Waals surface area contributed by atoms with E-state index in [9.17, 15) is 0 Å². The standard InChI is InChI=1S/C10H12Cl2N2/c1-8(14-7-10(12)6-11)9-2-4-13-5-3-9/h2-6,8,14H,7H2,1H3/b10-6-/t8-/m1/s1. The second-order valence-electron chi connectivity index (χ2n) is 2.94. The summed E-state index contributed by atoms with van der Waals surface area (Å²) in [5.74, 6) is 0. The summed E-state index contributed by atoms with van der Waals surface area (Å²) in [6.07, 6.45) is 3.54. The molecule has 0 radical (unpaired) electrons. The summed E-state index contributed by atoms with van der Waals surface area (Å²) < 4.78 is 0. The zero-order valence-electron chi connectivity index (χ0n) is 7.87. The summed E-state index contributed by atoms with van der Waals surface area (Å²) in [6, 6.07) is 4.18. The molecule has 0 aliphatic carbocycles. The minimum Gasteiger partial charge on any atom is -0.305 e. The lowest BCUT2D eigenvalue weighted by Gasteiger charge is -2.12. The van der Waals surface area contributed by atoms with E-state index in [4.69, 9.17) is 23.2 Å². The molecule has 76 valence electrons.